The van der Waals surface area contributed by atoms with Crippen LogP contribution in [0.5, 0.6) is 0 Å². The molecule has 1 aliphatic carbocycles. The van der Waals surface area contributed by atoms with E-state index >= 15 is 0 Å². The van der Waals surface area contributed by atoms with E-state index in [2.05, 4.69) is 52.1 Å². The summed E-state index contributed by atoms with van der Waals surface area (Å²) < 4.78 is 32.2. The zero-order valence-electron chi connectivity index (χ0n) is 31.0. The van der Waals surface area contributed by atoms with Gasteiger partial charge in [-0.15, -0.1) is 6.42 Å². The number of carbonyl (C=O) groups excluding carboxylic acids is 2. The number of carbonyl (C=O) groups is 2. The second-order valence-corrected chi connectivity index (χ2v) is 14.6. The van der Waals surface area contributed by atoms with E-state index in [0.717, 1.165) is 33.4 Å². The molecule has 57 heavy (non-hydrogen) atoms. The molecule has 0 aromatic heterocycles. The minimum Gasteiger partial charge on any atom is -0.449 e. The van der Waals surface area contributed by atoms with Gasteiger partial charge in [-0.3, -0.25) is 9.36 Å². The van der Waals surface area contributed by atoms with Crippen molar-refractivity contribution >= 4 is 25.3 Å². The zero-order valence-corrected chi connectivity index (χ0v) is 31.9. The quantitative estimate of drug-likeness (QED) is 0.0916. The second kappa shape index (κ2) is 19.5. The Balaban J connectivity index is 1.24. The largest absolute Gasteiger partial charge is 0.449 e. The van der Waals surface area contributed by atoms with E-state index in [1.807, 2.05) is 109 Å². The molecule has 5 aromatic carbocycles. The van der Waals surface area contributed by atoms with Crippen LogP contribution in [0, 0.1) is 47.9 Å². The van der Waals surface area contributed by atoms with Crippen molar-refractivity contribution in [3.05, 3.63) is 173 Å². The molecule has 0 spiro atoms. The molecular weight excluding hydrogens is 732 g/mol. The Bertz CT molecular complexity index is 2450. The molecule has 0 fully saturated rings. The van der Waals surface area contributed by atoms with Crippen molar-refractivity contribution in [3.63, 3.8) is 0 Å². The van der Waals surface area contributed by atoms with Gasteiger partial charge < -0.3 is 24.4 Å². The van der Waals surface area contributed by atoms with Crippen LogP contribution in [-0.4, -0.2) is 24.6 Å². The summed E-state index contributed by atoms with van der Waals surface area (Å²) in [7, 11) is -4.04. The monoisotopic (exact) mass is 768 g/mol. The van der Waals surface area contributed by atoms with Gasteiger partial charge in [0.1, 0.15) is 12.6 Å². The maximum atomic E-state index is 14.4. The lowest BCUT2D eigenvalue weighted by Crippen LogP contribution is -2.45. The van der Waals surface area contributed by atoms with Gasteiger partial charge in [0.15, 0.2) is 0 Å². The van der Waals surface area contributed by atoms with Crippen LogP contribution in [0.3, 0.4) is 0 Å². The van der Waals surface area contributed by atoms with Crippen LogP contribution in [0.1, 0.15) is 40.7 Å². The second-order valence-electron chi connectivity index (χ2n) is 12.8. The van der Waals surface area contributed by atoms with Gasteiger partial charge in [0, 0.05) is 23.0 Å². The Hall–Kier alpha value is -7.03. The average Bonchev–Trinajstić information content (AvgIpc) is 3.56. The van der Waals surface area contributed by atoms with Crippen molar-refractivity contribution in [2.45, 2.75) is 32.1 Å². The highest BCUT2D eigenvalue weighted by molar-refractivity contribution is 7.57. The number of ether oxygens (including phenoxy) is 1. The summed E-state index contributed by atoms with van der Waals surface area (Å²) in [5.41, 5.74) is 7.07. The van der Waals surface area contributed by atoms with E-state index in [-0.39, 0.29) is 31.3 Å². The van der Waals surface area contributed by atoms with Crippen molar-refractivity contribution in [2.24, 2.45) is 0 Å². The van der Waals surface area contributed by atoms with Crippen LogP contribution in [0.25, 0.3) is 11.1 Å². The molecule has 0 saturated heterocycles. The Morgan fingerprint density at radius 3 is 1.82 bits per heavy atom. The highest BCUT2D eigenvalue weighted by atomic mass is 31.2. The lowest BCUT2D eigenvalue weighted by Gasteiger charge is -2.22. The zero-order chi connectivity index (χ0) is 39.9. The maximum absolute atomic E-state index is 14.4. The molecular formula is C48H37N2O6P. The van der Waals surface area contributed by atoms with E-state index in [1.165, 1.54) is 5.82 Å². The molecule has 0 heterocycles. The number of hydrogen-bond donors (Lipinski definition) is 2. The molecule has 5 aromatic rings. The molecule has 0 unspecified atom stereocenters. The molecule has 1 aliphatic rings. The smallest absolute Gasteiger partial charge is 0.408 e. The van der Waals surface area contributed by atoms with E-state index in [0.29, 0.717) is 11.3 Å². The third-order valence-electron chi connectivity index (χ3n) is 8.87. The van der Waals surface area contributed by atoms with Crippen molar-refractivity contribution in [2.75, 3.05) is 11.9 Å². The first kappa shape index (κ1) is 39.7. The number of amides is 2. The number of alkyl carbamates (subject to hydrolysis) is 1. The topological polar surface area (TPSA) is 103 Å². The van der Waals surface area contributed by atoms with Crippen LogP contribution < -0.4 is 10.6 Å². The van der Waals surface area contributed by atoms with Crippen LogP contribution >= 0.6 is 7.60 Å². The van der Waals surface area contributed by atoms with Crippen LogP contribution in [0.2, 0.25) is 0 Å². The summed E-state index contributed by atoms with van der Waals surface area (Å²) in [5, 5.41) is 5.54. The minimum atomic E-state index is -4.04. The van der Waals surface area contributed by atoms with Crippen LogP contribution in [0.15, 0.2) is 145 Å². The Labute approximate surface area is 333 Å². The molecule has 0 aliphatic heterocycles. The minimum absolute atomic E-state index is 0.0213. The summed E-state index contributed by atoms with van der Waals surface area (Å²) in [4.78, 5) is 27.6. The summed E-state index contributed by atoms with van der Waals surface area (Å²) in [5.74, 6) is 18.2. The Morgan fingerprint density at radius 1 is 0.719 bits per heavy atom. The molecule has 6 rings (SSSR count). The average molecular weight is 769 g/mol. The van der Waals surface area contributed by atoms with Gasteiger partial charge in [-0.1, -0.05) is 115 Å². The standard InChI is InChI=1S/C48H37N2O6P/c1-3-4-5-6-7-10-19-37-28-30-40(31-29-37)49-47(51)46(50-48(52)54-34-45-43-26-17-15-24-41(43)42-25-16-18-27-44(42)45)36(2)35-57(53,55-32-38-20-11-8-12-21-38)56-33-39-22-13-9-14-23-39/h1,8-9,11-18,20-31,35,45-46H,32-34H2,2H3,(H,49,51)(H,50,52)/b36-35+/t46-/m1/s1. The SMILES string of the molecule is C#CC#CC#CC#Cc1ccc(NC(=O)[C@H](NC(=O)OCC2c3ccccc3-c3ccccc32)/C(C)=C/P(=O)(OCc2ccccc2)OCc2ccccc2)cc1. The van der Waals surface area contributed by atoms with Crippen LogP contribution in [0.4, 0.5) is 10.5 Å². The van der Waals surface area contributed by atoms with Gasteiger partial charge in [0.05, 0.1) is 13.2 Å². The number of fused-ring (bicyclic) bond motifs is 3. The normalized spacial score (nSPS) is 12.0. The molecule has 8 nitrogen and oxygen atoms in total. The first-order valence-corrected chi connectivity index (χ1v) is 19.6. The molecule has 9 heteroatoms. The summed E-state index contributed by atoms with van der Waals surface area (Å²) in [6.07, 6.45) is 4.25. The number of anilines is 1. The molecule has 0 saturated carbocycles. The van der Waals surface area contributed by atoms with Crippen molar-refractivity contribution in [1.82, 2.24) is 5.32 Å². The lowest BCUT2D eigenvalue weighted by molar-refractivity contribution is -0.117. The number of nitrogens with one attached hydrogen (secondary N) is 2. The van der Waals surface area contributed by atoms with Gasteiger partial charge in [0.25, 0.3) is 5.91 Å². The van der Waals surface area contributed by atoms with Crippen LogP contribution in [-0.2, 0) is 36.4 Å². The van der Waals surface area contributed by atoms with E-state index < -0.39 is 25.6 Å². The number of hydrogen-bond acceptors (Lipinski definition) is 6. The first-order valence-electron chi connectivity index (χ1n) is 18.0. The molecule has 2 N–H and O–H groups in total. The molecule has 0 radical (unpaired) electrons. The molecule has 280 valence electrons. The fourth-order valence-corrected chi connectivity index (χ4v) is 7.67. The van der Waals surface area contributed by atoms with E-state index in [4.69, 9.17) is 20.2 Å². The van der Waals surface area contributed by atoms with Crippen molar-refractivity contribution < 1.29 is 27.9 Å². The van der Waals surface area contributed by atoms with Gasteiger partial charge in [-0.05, 0) is 106 Å². The predicted octanol–water partition coefficient (Wildman–Crippen LogP) is 9.05. The molecule has 2 amide bonds. The number of benzene rings is 5. The van der Waals surface area contributed by atoms with Crippen molar-refractivity contribution in [1.29, 1.82) is 0 Å². The Kier molecular flexibility index (Phi) is 13.6. The van der Waals surface area contributed by atoms with Crippen molar-refractivity contribution in [3.8, 4) is 59.0 Å². The fourth-order valence-electron chi connectivity index (χ4n) is 6.14. The fraction of sp³-hybridized carbons (Fsp3) is 0.125. The van der Waals surface area contributed by atoms with Gasteiger partial charge in [-0.25, -0.2) is 4.79 Å². The van der Waals surface area contributed by atoms with Gasteiger partial charge in [0.2, 0.25) is 0 Å². The lowest BCUT2D eigenvalue weighted by atomic mass is 9.98. The molecule has 1 atom stereocenters. The molecule has 0 bridgehead atoms. The summed E-state index contributed by atoms with van der Waals surface area (Å²) >= 11 is 0. The maximum Gasteiger partial charge on any atom is 0.408 e. The third kappa shape index (κ3) is 11.0. The first-order chi connectivity index (χ1) is 27.8. The van der Waals surface area contributed by atoms with E-state index in [9.17, 15) is 14.2 Å². The Morgan fingerprint density at radius 2 is 1.25 bits per heavy atom. The highest BCUT2D eigenvalue weighted by Gasteiger charge is 2.32. The summed E-state index contributed by atoms with van der Waals surface area (Å²) in [6, 6.07) is 39.9. The highest BCUT2D eigenvalue weighted by Crippen LogP contribution is 2.52. The third-order valence-corrected chi connectivity index (χ3v) is 10.6. The number of terminal acetylenes is 1. The summed E-state index contributed by atoms with van der Waals surface area (Å²) in [6.45, 7) is 1.56. The van der Waals surface area contributed by atoms with Gasteiger partial charge >= 0.3 is 13.7 Å². The number of rotatable bonds is 13. The van der Waals surface area contributed by atoms with E-state index in [1.54, 1.807) is 31.2 Å². The predicted molar refractivity (Wildman–Crippen MR) is 222 cm³/mol. The van der Waals surface area contributed by atoms with Gasteiger partial charge in [-0.2, -0.15) is 0 Å².